The zero-order valence-electron chi connectivity index (χ0n) is 17.5. The lowest BCUT2D eigenvalue weighted by Gasteiger charge is -2.26. The Morgan fingerprint density at radius 3 is 2.62 bits per heavy atom. The summed E-state index contributed by atoms with van der Waals surface area (Å²) in [6, 6.07) is 6.06. The Morgan fingerprint density at radius 1 is 1.25 bits per heavy atom. The number of amides is 1. The molecule has 32 heavy (non-hydrogen) atoms. The van der Waals surface area contributed by atoms with Crippen molar-refractivity contribution in [1.29, 1.82) is 0 Å². The van der Waals surface area contributed by atoms with E-state index in [1.165, 1.54) is 27.8 Å². The van der Waals surface area contributed by atoms with E-state index in [9.17, 15) is 18.0 Å². The Balaban J connectivity index is 1.38. The SMILES string of the molecule is Cc1sc2nc(SCC(=O)Nc3ccc(S(=O)(=O)N4CCOCC4)cc3)[nH]c(=O)c2c1C. The van der Waals surface area contributed by atoms with Gasteiger partial charge in [0.15, 0.2) is 5.16 Å². The van der Waals surface area contributed by atoms with Gasteiger partial charge in [0.1, 0.15) is 4.83 Å². The van der Waals surface area contributed by atoms with Gasteiger partial charge in [-0.15, -0.1) is 11.3 Å². The molecule has 0 saturated carbocycles. The summed E-state index contributed by atoms with van der Waals surface area (Å²) in [4.78, 5) is 33.7. The first-order chi connectivity index (χ1) is 15.3. The van der Waals surface area contributed by atoms with E-state index in [2.05, 4.69) is 15.3 Å². The molecule has 2 N–H and O–H groups in total. The molecule has 1 aromatic carbocycles. The van der Waals surface area contributed by atoms with Crippen molar-refractivity contribution in [3.63, 3.8) is 0 Å². The third-order valence-electron chi connectivity index (χ3n) is 5.10. The van der Waals surface area contributed by atoms with Crippen molar-refractivity contribution in [2.75, 3.05) is 37.4 Å². The maximum Gasteiger partial charge on any atom is 0.260 e. The number of carbonyl (C=O) groups excluding carboxylic acids is 1. The summed E-state index contributed by atoms with van der Waals surface area (Å²) in [5.74, 6) is -0.244. The van der Waals surface area contributed by atoms with Crippen LogP contribution in [0.3, 0.4) is 0 Å². The highest BCUT2D eigenvalue weighted by atomic mass is 32.2. The molecular weight excluding hydrogens is 472 g/mol. The highest BCUT2D eigenvalue weighted by Crippen LogP contribution is 2.27. The number of nitrogens with zero attached hydrogens (tertiary/aromatic N) is 2. The quantitative estimate of drug-likeness (QED) is 0.398. The molecule has 170 valence electrons. The largest absolute Gasteiger partial charge is 0.379 e. The number of fused-ring (bicyclic) bond motifs is 1. The number of hydrogen-bond acceptors (Lipinski definition) is 8. The number of aryl methyl sites for hydroxylation is 2. The second-order valence-corrected chi connectivity index (χ2v) is 11.3. The van der Waals surface area contributed by atoms with Gasteiger partial charge in [0.2, 0.25) is 15.9 Å². The Bertz CT molecular complexity index is 1310. The van der Waals surface area contributed by atoms with E-state index in [1.807, 2.05) is 13.8 Å². The smallest absolute Gasteiger partial charge is 0.260 e. The van der Waals surface area contributed by atoms with Crippen molar-refractivity contribution < 1.29 is 17.9 Å². The molecule has 0 spiro atoms. The lowest BCUT2D eigenvalue weighted by molar-refractivity contribution is -0.113. The molecular formula is C20H22N4O5S3. The van der Waals surface area contributed by atoms with E-state index in [4.69, 9.17) is 4.74 Å². The Morgan fingerprint density at radius 2 is 1.94 bits per heavy atom. The van der Waals surface area contributed by atoms with Crippen molar-refractivity contribution in [2.24, 2.45) is 0 Å². The lowest BCUT2D eigenvalue weighted by atomic mass is 10.2. The number of thiophene rings is 1. The fourth-order valence-electron chi connectivity index (χ4n) is 3.28. The minimum absolute atomic E-state index is 0.0472. The van der Waals surface area contributed by atoms with E-state index in [0.29, 0.717) is 47.4 Å². The van der Waals surface area contributed by atoms with Gasteiger partial charge in [-0.05, 0) is 43.7 Å². The van der Waals surface area contributed by atoms with Crippen LogP contribution in [0, 0.1) is 13.8 Å². The van der Waals surface area contributed by atoms with Crippen LogP contribution in [0.4, 0.5) is 5.69 Å². The second-order valence-electron chi connectivity index (χ2n) is 7.21. The zero-order chi connectivity index (χ0) is 22.9. The molecule has 4 rings (SSSR count). The number of aromatic amines is 1. The number of carbonyl (C=O) groups is 1. The highest BCUT2D eigenvalue weighted by Gasteiger charge is 2.26. The Labute approximate surface area is 193 Å². The summed E-state index contributed by atoms with van der Waals surface area (Å²) >= 11 is 2.58. The third kappa shape index (κ3) is 4.74. The topological polar surface area (TPSA) is 121 Å². The molecule has 0 unspecified atom stereocenters. The average Bonchev–Trinajstić information content (AvgIpc) is 3.07. The van der Waals surface area contributed by atoms with Gasteiger partial charge in [0.05, 0.1) is 29.2 Å². The summed E-state index contributed by atoms with van der Waals surface area (Å²) in [5.41, 5.74) is 1.20. The predicted molar refractivity (Wildman–Crippen MR) is 125 cm³/mol. The molecule has 2 aromatic heterocycles. The molecule has 9 nitrogen and oxygen atoms in total. The standard InChI is InChI=1S/C20H22N4O5S3/c1-12-13(2)31-19-17(12)18(26)22-20(23-19)30-11-16(25)21-14-3-5-15(6-4-14)32(27,28)24-7-9-29-10-8-24/h3-6H,7-11H2,1-2H3,(H,21,25)(H,22,23,26). The summed E-state index contributed by atoms with van der Waals surface area (Å²) in [5, 5.41) is 3.70. The van der Waals surface area contributed by atoms with E-state index in [-0.39, 0.29) is 22.1 Å². The van der Waals surface area contributed by atoms with Crippen LogP contribution in [0.2, 0.25) is 0 Å². The minimum atomic E-state index is -3.58. The van der Waals surface area contributed by atoms with Gasteiger partial charge in [-0.2, -0.15) is 4.31 Å². The number of rotatable bonds is 6. The summed E-state index contributed by atoms with van der Waals surface area (Å²) in [6.45, 7) is 5.24. The number of aromatic nitrogens is 2. The van der Waals surface area contributed by atoms with E-state index in [1.54, 1.807) is 12.1 Å². The van der Waals surface area contributed by atoms with Crippen LogP contribution in [-0.2, 0) is 19.6 Å². The van der Waals surface area contributed by atoms with Crippen LogP contribution in [0.1, 0.15) is 10.4 Å². The first-order valence-electron chi connectivity index (χ1n) is 9.86. The Hall–Kier alpha value is -2.25. The molecule has 0 atom stereocenters. The van der Waals surface area contributed by atoms with Crippen molar-refractivity contribution in [1.82, 2.24) is 14.3 Å². The van der Waals surface area contributed by atoms with Gasteiger partial charge < -0.3 is 15.0 Å². The summed E-state index contributed by atoms with van der Waals surface area (Å²) in [7, 11) is -3.58. The summed E-state index contributed by atoms with van der Waals surface area (Å²) < 4.78 is 31.9. The molecule has 0 aliphatic carbocycles. The molecule has 3 aromatic rings. The van der Waals surface area contributed by atoms with Gasteiger partial charge >= 0.3 is 0 Å². The number of H-pyrrole nitrogens is 1. The van der Waals surface area contributed by atoms with Crippen LogP contribution >= 0.6 is 23.1 Å². The van der Waals surface area contributed by atoms with Crippen molar-refractivity contribution in [2.45, 2.75) is 23.9 Å². The van der Waals surface area contributed by atoms with Crippen molar-refractivity contribution in [3.8, 4) is 0 Å². The van der Waals surface area contributed by atoms with E-state index >= 15 is 0 Å². The highest BCUT2D eigenvalue weighted by molar-refractivity contribution is 7.99. The first-order valence-corrected chi connectivity index (χ1v) is 13.1. The fourth-order valence-corrected chi connectivity index (χ4v) is 6.44. The summed E-state index contributed by atoms with van der Waals surface area (Å²) in [6.07, 6.45) is 0. The average molecular weight is 495 g/mol. The minimum Gasteiger partial charge on any atom is -0.379 e. The van der Waals surface area contributed by atoms with E-state index in [0.717, 1.165) is 22.2 Å². The number of ether oxygens (including phenoxy) is 1. The van der Waals surface area contributed by atoms with Crippen LogP contribution < -0.4 is 10.9 Å². The molecule has 0 radical (unpaired) electrons. The first kappa shape index (κ1) is 22.9. The number of hydrogen-bond donors (Lipinski definition) is 2. The van der Waals surface area contributed by atoms with Crippen LogP contribution in [0.5, 0.6) is 0 Å². The lowest BCUT2D eigenvalue weighted by Crippen LogP contribution is -2.40. The van der Waals surface area contributed by atoms with Gasteiger partial charge in [0, 0.05) is 23.7 Å². The van der Waals surface area contributed by atoms with Crippen LogP contribution in [-0.4, -0.2) is 60.7 Å². The van der Waals surface area contributed by atoms with Gasteiger partial charge in [-0.1, -0.05) is 11.8 Å². The van der Waals surface area contributed by atoms with Crippen LogP contribution in [0.25, 0.3) is 10.2 Å². The molecule has 12 heteroatoms. The third-order valence-corrected chi connectivity index (χ3v) is 8.99. The Kier molecular flexibility index (Phi) is 6.67. The molecule has 1 aliphatic heterocycles. The maximum atomic E-state index is 12.7. The van der Waals surface area contributed by atoms with Crippen LogP contribution in [0.15, 0.2) is 39.1 Å². The normalized spacial score (nSPS) is 15.2. The molecule has 1 amide bonds. The number of anilines is 1. The molecule has 0 bridgehead atoms. The van der Waals surface area contributed by atoms with Gasteiger partial charge in [-0.25, -0.2) is 13.4 Å². The number of nitrogens with one attached hydrogen (secondary N) is 2. The predicted octanol–water partition coefficient (Wildman–Crippen LogP) is 2.35. The van der Waals surface area contributed by atoms with Crippen molar-refractivity contribution >= 4 is 54.9 Å². The molecule has 1 aliphatic rings. The van der Waals surface area contributed by atoms with Gasteiger partial charge in [-0.3, -0.25) is 9.59 Å². The zero-order valence-corrected chi connectivity index (χ0v) is 20.0. The second kappa shape index (κ2) is 9.32. The number of morpholine rings is 1. The fraction of sp³-hybridized carbons (Fsp3) is 0.350. The maximum absolute atomic E-state index is 12.7. The monoisotopic (exact) mass is 494 g/mol. The molecule has 1 saturated heterocycles. The molecule has 1 fully saturated rings. The van der Waals surface area contributed by atoms with Crippen molar-refractivity contribution in [3.05, 3.63) is 45.1 Å². The number of benzene rings is 1. The molecule has 3 heterocycles. The van der Waals surface area contributed by atoms with Gasteiger partial charge in [0.25, 0.3) is 5.56 Å². The number of thioether (sulfide) groups is 1. The number of sulfonamides is 1. The van der Waals surface area contributed by atoms with E-state index < -0.39 is 10.0 Å².